The number of aryl methyl sites for hydroxylation is 1. The summed E-state index contributed by atoms with van der Waals surface area (Å²) in [4.78, 5) is 32.9. The van der Waals surface area contributed by atoms with Gasteiger partial charge in [0.05, 0.1) is 29.0 Å². The molecule has 0 aliphatic carbocycles. The first kappa shape index (κ1) is 15.9. The number of benzene rings is 1. The van der Waals surface area contributed by atoms with Crippen LogP contribution >= 0.6 is 0 Å². The van der Waals surface area contributed by atoms with Gasteiger partial charge in [0.25, 0.3) is 5.56 Å². The molecule has 0 saturated heterocycles. The molecule has 1 atom stereocenters. The summed E-state index contributed by atoms with van der Waals surface area (Å²) in [7, 11) is 0. The van der Waals surface area contributed by atoms with Crippen molar-refractivity contribution in [1.82, 2.24) is 19.9 Å². The maximum atomic E-state index is 12.4. The predicted molar refractivity (Wildman–Crippen MR) is 91.4 cm³/mol. The van der Waals surface area contributed by atoms with Crippen molar-refractivity contribution in [2.45, 2.75) is 25.9 Å². The third kappa shape index (κ3) is 3.48. The van der Waals surface area contributed by atoms with Crippen molar-refractivity contribution in [1.29, 1.82) is 0 Å². The van der Waals surface area contributed by atoms with E-state index in [-0.39, 0.29) is 30.5 Å². The van der Waals surface area contributed by atoms with Gasteiger partial charge in [-0.2, -0.15) is 0 Å². The van der Waals surface area contributed by atoms with Gasteiger partial charge in [-0.15, -0.1) is 0 Å². The number of hydrogen-bond acceptors (Lipinski definition) is 4. The molecule has 0 aliphatic heterocycles. The fraction of sp³-hybridized carbons (Fsp3) is 0.222. The zero-order chi connectivity index (χ0) is 16.9. The van der Waals surface area contributed by atoms with Gasteiger partial charge in [-0.1, -0.05) is 18.2 Å². The molecule has 0 bridgehead atoms. The minimum absolute atomic E-state index is 0.131. The highest BCUT2D eigenvalue weighted by Crippen LogP contribution is 2.08. The molecule has 1 N–H and O–H groups in total. The van der Waals surface area contributed by atoms with Crippen LogP contribution in [0.5, 0.6) is 0 Å². The number of aromatic nitrogens is 3. The van der Waals surface area contributed by atoms with E-state index in [0.717, 1.165) is 5.69 Å². The van der Waals surface area contributed by atoms with Gasteiger partial charge in [-0.25, -0.2) is 4.98 Å². The van der Waals surface area contributed by atoms with E-state index in [2.05, 4.69) is 15.3 Å². The quantitative estimate of drug-likeness (QED) is 0.780. The summed E-state index contributed by atoms with van der Waals surface area (Å²) >= 11 is 0. The van der Waals surface area contributed by atoms with Gasteiger partial charge in [0.15, 0.2) is 0 Å². The summed E-state index contributed by atoms with van der Waals surface area (Å²) in [6.45, 7) is 2.17. The molecule has 6 heteroatoms. The maximum Gasteiger partial charge on any atom is 0.261 e. The smallest absolute Gasteiger partial charge is 0.261 e. The third-order valence-electron chi connectivity index (χ3n) is 3.82. The van der Waals surface area contributed by atoms with Crippen molar-refractivity contribution >= 4 is 16.8 Å². The van der Waals surface area contributed by atoms with Crippen molar-refractivity contribution in [2.75, 3.05) is 0 Å². The second-order valence-electron chi connectivity index (χ2n) is 5.55. The molecule has 24 heavy (non-hydrogen) atoms. The average molecular weight is 322 g/mol. The lowest BCUT2D eigenvalue weighted by molar-refractivity contribution is -0.122. The lowest BCUT2D eigenvalue weighted by atomic mass is 10.2. The molecule has 0 spiro atoms. The van der Waals surface area contributed by atoms with Crippen molar-refractivity contribution in [2.24, 2.45) is 0 Å². The number of rotatable bonds is 5. The van der Waals surface area contributed by atoms with E-state index < -0.39 is 0 Å². The summed E-state index contributed by atoms with van der Waals surface area (Å²) in [5.41, 5.74) is 1.33. The Morgan fingerprint density at radius 1 is 1.17 bits per heavy atom. The van der Waals surface area contributed by atoms with Crippen molar-refractivity contribution in [3.63, 3.8) is 0 Å². The van der Waals surface area contributed by atoms with Gasteiger partial charge in [0.2, 0.25) is 5.91 Å². The number of amides is 1. The molecular formula is C18H18N4O2. The lowest BCUT2D eigenvalue weighted by Crippen LogP contribution is -2.29. The largest absolute Gasteiger partial charge is 0.348 e. The highest BCUT2D eigenvalue weighted by atomic mass is 16.2. The molecule has 6 nitrogen and oxygen atoms in total. The summed E-state index contributed by atoms with van der Waals surface area (Å²) in [6.07, 6.45) is 3.38. The van der Waals surface area contributed by atoms with Crippen LogP contribution in [-0.2, 0) is 11.3 Å². The van der Waals surface area contributed by atoms with Gasteiger partial charge >= 0.3 is 0 Å². The van der Waals surface area contributed by atoms with E-state index in [4.69, 9.17) is 0 Å². The van der Waals surface area contributed by atoms with Crippen LogP contribution in [0.2, 0.25) is 0 Å². The molecule has 0 saturated carbocycles. The first-order valence-electron chi connectivity index (χ1n) is 7.79. The average Bonchev–Trinajstić information content (AvgIpc) is 2.62. The monoisotopic (exact) mass is 322 g/mol. The van der Waals surface area contributed by atoms with Gasteiger partial charge < -0.3 is 5.32 Å². The molecule has 0 fully saturated rings. The highest BCUT2D eigenvalue weighted by molar-refractivity contribution is 5.77. The molecule has 1 unspecified atom stereocenters. The van der Waals surface area contributed by atoms with Crippen LogP contribution < -0.4 is 10.9 Å². The number of carbonyl (C=O) groups excluding carboxylic acids is 1. The molecule has 0 aliphatic rings. The van der Waals surface area contributed by atoms with E-state index in [1.807, 2.05) is 31.2 Å². The number of nitrogens with one attached hydrogen (secondary N) is 1. The molecule has 3 rings (SSSR count). The van der Waals surface area contributed by atoms with Crippen molar-refractivity contribution in [3.05, 3.63) is 71.0 Å². The Hall–Kier alpha value is -3.02. The van der Waals surface area contributed by atoms with E-state index in [9.17, 15) is 9.59 Å². The molecule has 3 aromatic rings. The number of carbonyl (C=O) groups is 1. The van der Waals surface area contributed by atoms with Crippen LogP contribution in [0, 0.1) is 0 Å². The molecule has 2 aromatic heterocycles. The Bertz CT molecular complexity index is 906. The standard InChI is InChI=1S/C18H18N4O2/c1-13(15-7-4-5-10-19-15)21-17(23)9-11-22-12-20-16-8-3-2-6-14(16)18(22)24/h2-8,10,12-13H,9,11H2,1H3,(H,21,23). The number of para-hydroxylation sites is 1. The summed E-state index contributed by atoms with van der Waals surface area (Å²) < 4.78 is 1.47. The van der Waals surface area contributed by atoms with E-state index in [0.29, 0.717) is 10.9 Å². The molecule has 1 amide bonds. The van der Waals surface area contributed by atoms with Crippen LogP contribution in [0.15, 0.2) is 59.8 Å². The SMILES string of the molecule is CC(NC(=O)CCn1cnc2ccccc2c1=O)c1ccccn1. The molecule has 0 radical (unpaired) electrons. The van der Waals surface area contributed by atoms with Crippen molar-refractivity contribution < 1.29 is 4.79 Å². The molecule has 122 valence electrons. The molecule has 1 aromatic carbocycles. The van der Waals surface area contributed by atoms with Crippen LogP contribution in [0.25, 0.3) is 10.9 Å². The van der Waals surface area contributed by atoms with Gasteiger partial charge in [0.1, 0.15) is 0 Å². The summed E-state index contributed by atoms with van der Waals surface area (Å²) in [6, 6.07) is 12.6. The first-order valence-corrected chi connectivity index (χ1v) is 7.79. The zero-order valence-corrected chi connectivity index (χ0v) is 13.3. The normalized spacial score (nSPS) is 12.0. The third-order valence-corrected chi connectivity index (χ3v) is 3.82. The number of fused-ring (bicyclic) bond motifs is 1. The number of pyridine rings is 1. The van der Waals surface area contributed by atoms with Crippen LogP contribution in [0.1, 0.15) is 25.1 Å². The lowest BCUT2D eigenvalue weighted by Gasteiger charge is -2.13. The number of nitrogens with zero attached hydrogens (tertiary/aromatic N) is 3. The maximum absolute atomic E-state index is 12.4. The van der Waals surface area contributed by atoms with Crippen LogP contribution in [-0.4, -0.2) is 20.4 Å². The minimum atomic E-state index is -0.176. The Kier molecular flexibility index (Phi) is 4.65. The summed E-state index contributed by atoms with van der Waals surface area (Å²) in [5.74, 6) is -0.131. The first-order chi connectivity index (χ1) is 11.6. The topological polar surface area (TPSA) is 76.9 Å². The van der Waals surface area contributed by atoms with Crippen LogP contribution in [0.4, 0.5) is 0 Å². The Morgan fingerprint density at radius 2 is 1.96 bits per heavy atom. The molecule has 2 heterocycles. The fourth-order valence-corrected chi connectivity index (χ4v) is 2.51. The van der Waals surface area contributed by atoms with E-state index >= 15 is 0 Å². The van der Waals surface area contributed by atoms with Gasteiger partial charge in [-0.05, 0) is 31.2 Å². The minimum Gasteiger partial charge on any atom is -0.348 e. The van der Waals surface area contributed by atoms with Crippen LogP contribution in [0.3, 0.4) is 0 Å². The molecular weight excluding hydrogens is 304 g/mol. The van der Waals surface area contributed by atoms with E-state index in [1.54, 1.807) is 24.4 Å². The Morgan fingerprint density at radius 3 is 2.75 bits per heavy atom. The van der Waals surface area contributed by atoms with Crippen molar-refractivity contribution in [3.8, 4) is 0 Å². The second-order valence-corrected chi connectivity index (χ2v) is 5.55. The predicted octanol–water partition coefficient (Wildman–Crippen LogP) is 2.06. The Balaban J connectivity index is 1.64. The fourth-order valence-electron chi connectivity index (χ4n) is 2.51. The van der Waals surface area contributed by atoms with E-state index in [1.165, 1.54) is 10.9 Å². The van der Waals surface area contributed by atoms with Gasteiger partial charge in [0, 0.05) is 19.2 Å². The Labute approximate surface area is 139 Å². The second kappa shape index (κ2) is 7.04. The summed E-state index contributed by atoms with van der Waals surface area (Å²) in [5, 5.41) is 3.44. The number of hydrogen-bond donors (Lipinski definition) is 1. The van der Waals surface area contributed by atoms with Gasteiger partial charge in [-0.3, -0.25) is 19.1 Å². The highest BCUT2D eigenvalue weighted by Gasteiger charge is 2.11. The zero-order valence-electron chi connectivity index (χ0n) is 13.3.